The molecule has 0 aromatic heterocycles. The van der Waals surface area contributed by atoms with Gasteiger partial charge in [0, 0.05) is 5.02 Å². The topological polar surface area (TPSA) is 94.6 Å². The van der Waals surface area contributed by atoms with Crippen molar-refractivity contribution < 1.29 is 19.0 Å². The number of halogens is 1. The molecule has 2 N–H and O–H groups in total. The largest absolute Gasteiger partial charge is 0.513 e. The maximum atomic E-state index is 11.4. The fourth-order valence-corrected chi connectivity index (χ4v) is 2.23. The van der Waals surface area contributed by atoms with Crippen LogP contribution in [0.1, 0.15) is 18.4 Å². The summed E-state index contributed by atoms with van der Waals surface area (Å²) < 4.78 is 14.9. The number of carbonyl (C=O) groups excluding carboxylic acids is 1. The molecule has 2 rings (SSSR count). The zero-order valence-electron chi connectivity index (χ0n) is 11.9. The normalized spacial score (nSPS) is 17.6. The Morgan fingerprint density at radius 3 is 2.59 bits per heavy atom. The molecule has 0 bridgehead atoms. The number of methoxy groups -OCH3 is 1. The lowest BCUT2D eigenvalue weighted by Crippen LogP contribution is -2.23. The zero-order valence-corrected chi connectivity index (χ0v) is 12.7. The van der Waals surface area contributed by atoms with Gasteiger partial charge in [-0.15, -0.1) is 0 Å². The molecule has 6 nitrogen and oxygen atoms in total. The van der Waals surface area contributed by atoms with Crippen molar-refractivity contribution in [3.8, 4) is 6.07 Å². The van der Waals surface area contributed by atoms with Crippen molar-refractivity contribution in [2.45, 2.75) is 12.8 Å². The Labute approximate surface area is 132 Å². The van der Waals surface area contributed by atoms with Crippen LogP contribution in [0.2, 0.25) is 5.02 Å². The minimum Gasteiger partial charge on any atom is -0.442 e. The van der Waals surface area contributed by atoms with Crippen molar-refractivity contribution in [3.63, 3.8) is 0 Å². The Balaban J connectivity index is 2.53. The van der Waals surface area contributed by atoms with E-state index in [1.807, 2.05) is 6.07 Å². The third kappa shape index (κ3) is 3.00. The highest BCUT2D eigenvalue weighted by atomic mass is 35.5. The van der Waals surface area contributed by atoms with E-state index in [1.165, 1.54) is 7.11 Å². The van der Waals surface area contributed by atoms with Crippen molar-refractivity contribution in [1.29, 1.82) is 5.26 Å². The third-order valence-electron chi connectivity index (χ3n) is 3.11. The molecule has 7 heteroatoms. The molecule has 0 radical (unpaired) electrons. The van der Waals surface area contributed by atoms with Gasteiger partial charge in [0.1, 0.15) is 17.4 Å². The van der Waals surface area contributed by atoms with Gasteiger partial charge in [-0.05, 0) is 24.6 Å². The van der Waals surface area contributed by atoms with Crippen molar-refractivity contribution in [1.82, 2.24) is 0 Å². The first kappa shape index (κ1) is 15.7. The molecule has 0 saturated carbocycles. The average Bonchev–Trinajstić information content (AvgIpc) is 2.50. The van der Waals surface area contributed by atoms with Crippen LogP contribution in [0, 0.1) is 11.3 Å². The number of nitrogens with two attached hydrogens (primary N) is 1. The van der Waals surface area contributed by atoms with Crippen LogP contribution in [0.4, 0.5) is 4.79 Å². The van der Waals surface area contributed by atoms with E-state index >= 15 is 0 Å². The quantitative estimate of drug-likeness (QED) is 0.841. The molecule has 0 amide bonds. The predicted molar refractivity (Wildman–Crippen MR) is 78.3 cm³/mol. The molecule has 1 aromatic rings. The first-order valence-corrected chi connectivity index (χ1v) is 6.65. The maximum Gasteiger partial charge on any atom is 0.513 e. The molecule has 114 valence electrons. The standard InChI is InChI=1S/C15H13ClN2O4/c1-8-13(22-15(19)20-2)12(11(7-17)14(18)21-8)9-3-5-10(16)6-4-9/h3-6,12H,18H2,1-2H3. The summed E-state index contributed by atoms with van der Waals surface area (Å²) in [4.78, 5) is 11.4. The van der Waals surface area contributed by atoms with Gasteiger partial charge >= 0.3 is 6.16 Å². The molecule has 1 atom stereocenters. The third-order valence-corrected chi connectivity index (χ3v) is 3.36. The molecule has 1 heterocycles. The molecule has 1 aliphatic rings. The monoisotopic (exact) mass is 320 g/mol. The number of carbonyl (C=O) groups is 1. The Kier molecular flexibility index (Phi) is 4.59. The van der Waals surface area contributed by atoms with Gasteiger partial charge in [0.25, 0.3) is 0 Å². The Bertz CT molecular complexity index is 701. The SMILES string of the molecule is COC(=O)OC1=C(C)OC(N)=C(C#N)C1c1ccc(Cl)cc1. The summed E-state index contributed by atoms with van der Waals surface area (Å²) in [5.41, 5.74) is 6.60. The van der Waals surface area contributed by atoms with Crippen LogP contribution in [0.5, 0.6) is 0 Å². The molecular weight excluding hydrogens is 308 g/mol. The number of hydrogen-bond acceptors (Lipinski definition) is 6. The fourth-order valence-electron chi connectivity index (χ4n) is 2.10. The highest BCUT2D eigenvalue weighted by Gasteiger charge is 2.34. The summed E-state index contributed by atoms with van der Waals surface area (Å²) in [5, 5.41) is 9.90. The predicted octanol–water partition coefficient (Wildman–Crippen LogP) is 3.16. The lowest BCUT2D eigenvalue weighted by atomic mass is 9.88. The van der Waals surface area contributed by atoms with Gasteiger partial charge < -0.3 is 19.9 Å². The summed E-state index contributed by atoms with van der Waals surface area (Å²) in [6, 6.07) is 8.77. The molecular formula is C15H13ClN2O4. The fraction of sp³-hybridized carbons (Fsp3) is 0.200. The van der Waals surface area contributed by atoms with Gasteiger partial charge in [-0.2, -0.15) is 5.26 Å². The van der Waals surface area contributed by atoms with Crippen LogP contribution in [0.15, 0.2) is 47.2 Å². The highest BCUT2D eigenvalue weighted by Crippen LogP contribution is 2.39. The van der Waals surface area contributed by atoms with Crippen LogP contribution in [-0.4, -0.2) is 13.3 Å². The molecule has 0 fully saturated rings. The second kappa shape index (κ2) is 6.41. The number of hydrogen-bond donors (Lipinski definition) is 1. The average molecular weight is 321 g/mol. The van der Waals surface area contributed by atoms with Crippen LogP contribution in [0.25, 0.3) is 0 Å². The zero-order chi connectivity index (χ0) is 16.3. The number of benzene rings is 1. The Morgan fingerprint density at radius 1 is 1.41 bits per heavy atom. The van der Waals surface area contributed by atoms with Crippen molar-refractivity contribution in [2.75, 3.05) is 7.11 Å². The summed E-state index contributed by atoms with van der Waals surface area (Å²) in [6.07, 6.45) is -0.908. The number of allylic oxidation sites excluding steroid dienone is 2. The van der Waals surface area contributed by atoms with Gasteiger partial charge in [0.15, 0.2) is 5.76 Å². The van der Waals surface area contributed by atoms with E-state index < -0.39 is 12.1 Å². The molecule has 1 aromatic carbocycles. The van der Waals surface area contributed by atoms with Crippen LogP contribution < -0.4 is 5.73 Å². The van der Waals surface area contributed by atoms with E-state index in [1.54, 1.807) is 31.2 Å². The number of rotatable bonds is 2. The minimum absolute atomic E-state index is 0.0304. The summed E-state index contributed by atoms with van der Waals surface area (Å²) >= 11 is 5.88. The van der Waals surface area contributed by atoms with E-state index in [9.17, 15) is 10.1 Å². The van der Waals surface area contributed by atoms with Crippen LogP contribution in [-0.2, 0) is 14.2 Å². The summed E-state index contributed by atoms with van der Waals surface area (Å²) in [6.45, 7) is 1.59. The highest BCUT2D eigenvalue weighted by molar-refractivity contribution is 6.30. The first-order chi connectivity index (χ1) is 10.5. The summed E-state index contributed by atoms with van der Waals surface area (Å²) in [5.74, 6) is -0.269. The van der Waals surface area contributed by atoms with E-state index in [0.29, 0.717) is 10.6 Å². The van der Waals surface area contributed by atoms with Gasteiger partial charge in [-0.1, -0.05) is 23.7 Å². The molecule has 1 unspecified atom stereocenters. The van der Waals surface area contributed by atoms with Crippen molar-refractivity contribution >= 4 is 17.8 Å². The second-order valence-electron chi connectivity index (χ2n) is 4.45. The first-order valence-electron chi connectivity index (χ1n) is 6.27. The van der Waals surface area contributed by atoms with Crippen LogP contribution >= 0.6 is 11.6 Å². The number of ether oxygens (including phenoxy) is 3. The van der Waals surface area contributed by atoms with Crippen molar-refractivity contribution in [2.24, 2.45) is 5.73 Å². The van der Waals surface area contributed by atoms with E-state index in [0.717, 1.165) is 0 Å². The molecule has 0 aliphatic carbocycles. The lowest BCUT2D eigenvalue weighted by Gasteiger charge is -2.26. The minimum atomic E-state index is -0.908. The number of nitriles is 1. The van der Waals surface area contributed by atoms with E-state index in [-0.39, 0.29) is 23.0 Å². The second-order valence-corrected chi connectivity index (χ2v) is 4.89. The Morgan fingerprint density at radius 2 is 2.05 bits per heavy atom. The van der Waals surface area contributed by atoms with Gasteiger partial charge in [0.2, 0.25) is 5.88 Å². The van der Waals surface area contributed by atoms with E-state index in [4.69, 9.17) is 26.8 Å². The van der Waals surface area contributed by atoms with E-state index in [2.05, 4.69) is 4.74 Å². The van der Waals surface area contributed by atoms with Crippen LogP contribution in [0.3, 0.4) is 0 Å². The molecule has 22 heavy (non-hydrogen) atoms. The van der Waals surface area contributed by atoms with Gasteiger partial charge in [0.05, 0.1) is 13.0 Å². The van der Waals surface area contributed by atoms with Gasteiger partial charge in [-0.3, -0.25) is 0 Å². The lowest BCUT2D eigenvalue weighted by molar-refractivity contribution is 0.0857. The van der Waals surface area contributed by atoms with Gasteiger partial charge in [-0.25, -0.2) is 4.79 Å². The molecule has 0 spiro atoms. The number of nitrogens with zero attached hydrogens (tertiary/aromatic N) is 1. The van der Waals surface area contributed by atoms with Crippen molar-refractivity contribution in [3.05, 3.63) is 57.8 Å². The summed E-state index contributed by atoms with van der Waals surface area (Å²) in [7, 11) is 1.19. The maximum absolute atomic E-state index is 11.4. The molecule has 0 saturated heterocycles. The smallest absolute Gasteiger partial charge is 0.442 e. The Hall–Kier alpha value is -2.65. The molecule has 1 aliphatic heterocycles.